The van der Waals surface area contributed by atoms with Crippen molar-refractivity contribution in [1.29, 1.82) is 0 Å². The molecule has 0 radical (unpaired) electrons. The van der Waals surface area contributed by atoms with Crippen LogP contribution in [0.2, 0.25) is 0 Å². The molecule has 4 rings (SSSR count). The second-order valence-corrected chi connectivity index (χ2v) is 8.41. The highest BCUT2D eigenvalue weighted by Crippen LogP contribution is 2.30. The molecule has 1 aromatic carbocycles. The molecule has 154 valence electrons. The number of allylic oxidation sites excluding steroid dienone is 1. The molecule has 6 nitrogen and oxygen atoms in total. The zero-order valence-electron chi connectivity index (χ0n) is 17.1. The topological polar surface area (TPSA) is 63.9 Å². The summed E-state index contributed by atoms with van der Waals surface area (Å²) in [5, 5.41) is 9.40. The zero-order valence-corrected chi connectivity index (χ0v) is 17.9. The molecule has 1 aliphatic rings. The van der Waals surface area contributed by atoms with Crippen LogP contribution in [0.1, 0.15) is 24.0 Å². The van der Waals surface area contributed by atoms with Crippen molar-refractivity contribution in [2.75, 3.05) is 5.75 Å². The molecule has 0 unspecified atom stereocenters. The number of pyridine rings is 1. The van der Waals surface area contributed by atoms with Crippen molar-refractivity contribution in [3.63, 3.8) is 0 Å². The Bertz CT molecular complexity index is 1010. The Kier molecular flexibility index (Phi) is 6.28. The third kappa shape index (κ3) is 4.79. The number of benzene rings is 1. The summed E-state index contributed by atoms with van der Waals surface area (Å²) in [6, 6.07) is 12.6. The van der Waals surface area contributed by atoms with Gasteiger partial charge in [0.1, 0.15) is 0 Å². The minimum atomic E-state index is 0.140. The minimum absolute atomic E-state index is 0.140. The third-order valence-electron chi connectivity index (χ3n) is 5.07. The number of aryl methyl sites for hydroxylation is 1. The zero-order chi connectivity index (χ0) is 20.9. The van der Waals surface area contributed by atoms with Gasteiger partial charge in [-0.1, -0.05) is 47.7 Å². The summed E-state index contributed by atoms with van der Waals surface area (Å²) in [7, 11) is 0. The van der Waals surface area contributed by atoms with E-state index in [-0.39, 0.29) is 5.91 Å². The first-order valence-electron chi connectivity index (χ1n) is 10.1. The minimum Gasteiger partial charge on any atom is -0.335 e. The average Bonchev–Trinajstić information content (AvgIpc) is 3.53. The Morgan fingerprint density at radius 1 is 1.20 bits per heavy atom. The highest BCUT2D eigenvalue weighted by molar-refractivity contribution is 7.99. The molecule has 1 amide bonds. The second kappa shape index (κ2) is 9.26. The van der Waals surface area contributed by atoms with Crippen LogP contribution in [0.5, 0.6) is 0 Å². The number of rotatable bonds is 9. The normalized spacial score (nSPS) is 13.2. The lowest BCUT2D eigenvalue weighted by molar-refractivity contribution is -0.129. The van der Waals surface area contributed by atoms with Crippen molar-refractivity contribution in [2.45, 2.75) is 44.1 Å². The SMILES string of the molecule is C=CCn1c(SCC(=O)N(Cc2ccc(C)cc2)C2CC2)nnc1-c1ccncc1. The monoisotopic (exact) mass is 419 g/mol. The van der Waals surface area contributed by atoms with E-state index in [1.165, 1.54) is 22.9 Å². The molecule has 1 fully saturated rings. The van der Waals surface area contributed by atoms with Gasteiger partial charge in [-0.2, -0.15) is 0 Å². The van der Waals surface area contributed by atoms with E-state index >= 15 is 0 Å². The predicted molar refractivity (Wildman–Crippen MR) is 119 cm³/mol. The van der Waals surface area contributed by atoms with Crippen LogP contribution in [0.15, 0.2) is 66.6 Å². The van der Waals surface area contributed by atoms with Gasteiger partial charge in [0.25, 0.3) is 0 Å². The molecule has 1 saturated carbocycles. The molecule has 3 aromatic rings. The number of carbonyl (C=O) groups excluding carboxylic acids is 1. The van der Waals surface area contributed by atoms with Crippen LogP contribution in [-0.2, 0) is 17.9 Å². The first kappa shape index (κ1) is 20.3. The summed E-state index contributed by atoms with van der Waals surface area (Å²) >= 11 is 1.43. The lowest BCUT2D eigenvalue weighted by Crippen LogP contribution is -2.34. The molecule has 30 heavy (non-hydrogen) atoms. The van der Waals surface area contributed by atoms with Crippen LogP contribution in [0, 0.1) is 6.92 Å². The molecule has 1 aliphatic carbocycles. The van der Waals surface area contributed by atoms with Gasteiger partial charge in [0.2, 0.25) is 5.91 Å². The molecule has 0 aliphatic heterocycles. The quantitative estimate of drug-likeness (QED) is 0.386. The lowest BCUT2D eigenvalue weighted by atomic mass is 10.1. The van der Waals surface area contributed by atoms with Gasteiger partial charge < -0.3 is 4.90 Å². The van der Waals surface area contributed by atoms with E-state index in [4.69, 9.17) is 0 Å². The largest absolute Gasteiger partial charge is 0.335 e. The van der Waals surface area contributed by atoms with Crippen molar-refractivity contribution in [2.24, 2.45) is 0 Å². The van der Waals surface area contributed by atoms with Crippen molar-refractivity contribution in [3.8, 4) is 11.4 Å². The molecule has 2 heterocycles. The summed E-state index contributed by atoms with van der Waals surface area (Å²) in [6.45, 7) is 7.16. The third-order valence-corrected chi connectivity index (χ3v) is 6.02. The van der Waals surface area contributed by atoms with Gasteiger partial charge in [-0.15, -0.1) is 16.8 Å². The summed E-state index contributed by atoms with van der Waals surface area (Å²) in [4.78, 5) is 19.1. The number of aromatic nitrogens is 4. The molecular formula is C23H25N5OS. The van der Waals surface area contributed by atoms with E-state index in [0.717, 1.165) is 29.4 Å². The summed E-state index contributed by atoms with van der Waals surface area (Å²) in [5.74, 6) is 1.24. The van der Waals surface area contributed by atoms with Gasteiger partial charge in [0.05, 0.1) is 5.75 Å². The predicted octanol–water partition coefficient (Wildman–Crippen LogP) is 4.12. The molecule has 0 saturated heterocycles. The number of hydrogen-bond acceptors (Lipinski definition) is 5. The van der Waals surface area contributed by atoms with Gasteiger partial charge in [-0.25, -0.2) is 0 Å². The van der Waals surface area contributed by atoms with Crippen molar-refractivity contribution in [1.82, 2.24) is 24.6 Å². The first-order chi connectivity index (χ1) is 14.7. The van der Waals surface area contributed by atoms with Crippen LogP contribution in [0.4, 0.5) is 0 Å². The maximum atomic E-state index is 13.0. The van der Waals surface area contributed by atoms with Gasteiger partial charge in [-0.05, 0) is 37.5 Å². The van der Waals surface area contributed by atoms with Crippen molar-refractivity contribution in [3.05, 3.63) is 72.6 Å². The molecule has 7 heteroatoms. The number of hydrogen-bond donors (Lipinski definition) is 0. The second-order valence-electron chi connectivity index (χ2n) is 7.47. The van der Waals surface area contributed by atoms with E-state index in [1.54, 1.807) is 12.4 Å². The van der Waals surface area contributed by atoms with Gasteiger partial charge in [0, 0.05) is 37.1 Å². The Hall–Kier alpha value is -2.93. The number of carbonyl (C=O) groups is 1. The van der Waals surface area contributed by atoms with E-state index in [1.807, 2.05) is 27.7 Å². The van der Waals surface area contributed by atoms with Gasteiger partial charge >= 0.3 is 0 Å². The van der Waals surface area contributed by atoms with E-state index in [0.29, 0.717) is 24.9 Å². The highest BCUT2D eigenvalue weighted by Gasteiger charge is 2.32. The molecule has 0 spiro atoms. The van der Waals surface area contributed by atoms with Crippen LogP contribution >= 0.6 is 11.8 Å². The molecule has 0 N–H and O–H groups in total. The fraction of sp³-hybridized carbons (Fsp3) is 0.304. The van der Waals surface area contributed by atoms with E-state index < -0.39 is 0 Å². The molecule has 0 atom stereocenters. The van der Waals surface area contributed by atoms with E-state index in [9.17, 15) is 4.79 Å². The lowest BCUT2D eigenvalue weighted by Gasteiger charge is -2.22. The summed E-state index contributed by atoms with van der Waals surface area (Å²) < 4.78 is 1.99. The smallest absolute Gasteiger partial charge is 0.233 e. The van der Waals surface area contributed by atoms with Crippen molar-refractivity contribution >= 4 is 17.7 Å². The maximum absolute atomic E-state index is 13.0. The first-order valence-corrected chi connectivity index (χ1v) is 11.1. The fourth-order valence-corrected chi connectivity index (χ4v) is 4.14. The number of nitrogens with zero attached hydrogens (tertiary/aromatic N) is 5. The Labute approximate surface area is 181 Å². The van der Waals surface area contributed by atoms with Crippen LogP contribution in [-0.4, -0.2) is 42.4 Å². The Balaban J connectivity index is 1.46. The number of amides is 1. The summed E-state index contributed by atoms with van der Waals surface area (Å²) in [6.07, 6.45) is 7.45. The van der Waals surface area contributed by atoms with Gasteiger partial charge in [0.15, 0.2) is 11.0 Å². The van der Waals surface area contributed by atoms with Crippen molar-refractivity contribution < 1.29 is 4.79 Å². The Morgan fingerprint density at radius 3 is 2.60 bits per heavy atom. The molecule has 2 aromatic heterocycles. The van der Waals surface area contributed by atoms with E-state index in [2.05, 4.69) is 52.9 Å². The standard InChI is InChI=1S/C23H25N5OS/c1-3-14-27-22(19-10-12-24-13-11-19)25-26-23(27)30-16-21(29)28(20-8-9-20)15-18-6-4-17(2)5-7-18/h3-7,10-13,20H,1,8-9,14-16H2,2H3. The highest BCUT2D eigenvalue weighted by atomic mass is 32.2. The maximum Gasteiger partial charge on any atom is 0.233 e. The molecule has 0 bridgehead atoms. The van der Waals surface area contributed by atoms with Crippen LogP contribution in [0.25, 0.3) is 11.4 Å². The summed E-state index contributed by atoms with van der Waals surface area (Å²) in [5.41, 5.74) is 3.34. The fourth-order valence-electron chi connectivity index (χ4n) is 3.31. The Morgan fingerprint density at radius 2 is 1.93 bits per heavy atom. The average molecular weight is 420 g/mol. The van der Waals surface area contributed by atoms with Crippen LogP contribution in [0.3, 0.4) is 0 Å². The van der Waals surface area contributed by atoms with Crippen LogP contribution < -0.4 is 0 Å². The number of thioether (sulfide) groups is 1. The molecular weight excluding hydrogens is 394 g/mol. The van der Waals surface area contributed by atoms with Gasteiger partial charge in [-0.3, -0.25) is 14.3 Å².